The molecule has 0 unspecified atom stereocenters. The van der Waals surface area contributed by atoms with Gasteiger partial charge in [-0.3, -0.25) is 0 Å². The molecule has 0 saturated carbocycles. The van der Waals surface area contributed by atoms with Crippen molar-refractivity contribution in [2.24, 2.45) is 0 Å². The van der Waals surface area contributed by atoms with Crippen LogP contribution in [0.15, 0.2) is 388 Å². The van der Waals surface area contributed by atoms with Crippen LogP contribution in [-0.2, 0) is 13.1 Å². The Morgan fingerprint density at radius 2 is 0.353 bits per heavy atom. The number of aromatic nitrogens is 2. The molecule has 0 aliphatic heterocycles. The summed E-state index contributed by atoms with van der Waals surface area (Å²) in [7, 11) is 0. The molecule has 0 aliphatic carbocycles. The second-order valence-corrected chi connectivity index (χ2v) is 31.5. The molecule has 19 aromatic carbocycles. The van der Waals surface area contributed by atoms with Crippen LogP contribution in [0.2, 0.25) is 0 Å². The van der Waals surface area contributed by atoms with Crippen molar-refractivity contribution < 1.29 is 0 Å². The molecule has 552 valence electrons. The van der Waals surface area contributed by atoms with E-state index < -0.39 is 0 Å². The Morgan fingerprint density at radius 3 is 0.664 bits per heavy atom. The van der Waals surface area contributed by atoms with Crippen molar-refractivity contribution in [1.82, 2.24) is 9.13 Å². The fourth-order valence-corrected chi connectivity index (χ4v) is 18.6. The first-order chi connectivity index (χ1) is 57.0. The van der Waals surface area contributed by atoms with Crippen molar-refractivity contribution in [3.63, 3.8) is 0 Å². The Kier molecular flexibility index (Phi) is 18.2. The molecule has 2 nitrogen and oxygen atoms in total. The zero-order valence-electron chi connectivity index (χ0n) is 66.3. The van der Waals surface area contributed by atoms with Crippen LogP contribution < -0.4 is 0 Å². The van der Waals surface area contributed by atoms with Crippen molar-refractivity contribution in [1.29, 1.82) is 0 Å². The van der Waals surface area contributed by atoms with Crippen molar-refractivity contribution >= 4 is 86.7 Å². The van der Waals surface area contributed by atoms with E-state index in [-0.39, 0.29) is 0 Å². The fourth-order valence-electron chi connectivity index (χ4n) is 18.6. The maximum Gasteiger partial charge on any atom is 0.0491 e. The minimum Gasteiger partial charge on any atom is -0.341 e. The van der Waals surface area contributed by atoms with Gasteiger partial charge in [0.15, 0.2) is 0 Å². The number of benzene rings is 19. The molecule has 0 fully saturated rings. The van der Waals surface area contributed by atoms with E-state index in [0.717, 1.165) is 13.1 Å². The first-order valence-corrected chi connectivity index (χ1v) is 40.8. The van der Waals surface area contributed by atoms with E-state index in [4.69, 9.17) is 0 Å². The average Bonchev–Trinajstić information content (AvgIpc) is 1.20. The van der Waals surface area contributed by atoms with Gasteiger partial charge in [-0.1, -0.05) is 350 Å². The maximum absolute atomic E-state index is 2.43. The third-order valence-corrected chi connectivity index (χ3v) is 24.2. The van der Waals surface area contributed by atoms with Crippen molar-refractivity contribution in [3.05, 3.63) is 411 Å². The molecular formula is C114H86N2. The summed E-state index contributed by atoms with van der Waals surface area (Å²) >= 11 is 0. The van der Waals surface area contributed by atoms with Crippen LogP contribution in [0.25, 0.3) is 209 Å². The van der Waals surface area contributed by atoms with Crippen LogP contribution >= 0.6 is 0 Å². The summed E-state index contributed by atoms with van der Waals surface area (Å²) in [6, 6.07) is 145. The van der Waals surface area contributed by atoms with E-state index >= 15 is 0 Å². The van der Waals surface area contributed by atoms with Gasteiger partial charge < -0.3 is 9.13 Å². The highest BCUT2D eigenvalue weighted by atomic mass is 15.0. The zero-order valence-corrected chi connectivity index (χ0v) is 66.3. The van der Waals surface area contributed by atoms with Crippen LogP contribution in [0.3, 0.4) is 0 Å². The van der Waals surface area contributed by atoms with Crippen LogP contribution in [-0.4, -0.2) is 9.13 Å². The lowest BCUT2D eigenvalue weighted by atomic mass is 9.83. The predicted octanol–water partition coefficient (Wildman–Crippen LogP) is 31.8. The summed E-state index contributed by atoms with van der Waals surface area (Å²) in [5.41, 5.74) is 37.3. The van der Waals surface area contributed by atoms with Gasteiger partial charge in [-0.05, 0) is 268 Å². The van der Waals surface area contributed by atoms with Crippen LogP contribution in [0.5, 0.6) is 0 Å². The van der Waals surface area contributed by atoms with Gasteiger partial charge in [0, 0.05) is 56.7 Å². The van der Waals surface area contributed by atoms with Gasteiger partial charge in [0.1, 0.15) is 0 Å². The smallest absolute Gasteiger partial charge is 0.0491 e. The summed E-state index contributed by atoms with van der Waals surface area (Å²) in [6.07, 6.45) is 0. The topological polar surface area (TPSA) is 9.86 Å². The second-order valence-electron chi connectivity index (χ2n) is 31.5. The molecule has 0 atom stereocenters. The summed E-state index contributed by atoms with van der Waals surface area (Å²) in [5.74, 6) is 0. The van der Waals surface area contributed by atoms with Crippen molar-refractivity contribution in [3.8, 4) is 122 Å². The minimum absolute atomic E-state index is 0.940. The summed E-state index contributed by atoms with van der Waals surface area (Å²) < 4.78 is 4.84. The molecule has 21 aromatic rings. The van der Waals surface area contributed by atoms with E-state index in [1.165, 1.54) is 231 Å². The largest absolute Gasteiger partial charge is 0.341 e. The molecule has 0 aliphatic rings. The third-order valence-electron chi connectivity index (χ3n) is 24.2. The van der Waals surface area contributed by atoms with Gasteiger partial charge in [0.25, 0.3) is 0 Å². The second kappa shape index (κ2) is 29.7. The predicted molar refractivity (Wildman–Crippen MR) is 499 cm³/mol. The van der Waals surface area contributed by atoms with Gasteiger partial charge >= 0.3 is 0 Å². The SMILES string of the molecule is CCn1c2ccccc2c2cc(-c3ccc(-c4c5ccc(-c6cccc(C)c6)cc5c(-c5ccc(-c6ccccc6)cc5)c5ccc(-c6cccc(C)c6)cc45)cc3)ccc21.CCn1c2ccccc2c2cc(-c3ccc(-c4c5ccc(-c6cccc(C)c6)cc5c(-c5ccccc5)c5ccc(-c6cccc(C)c6)cc45)cc3)ccc21. The van der Waals surface area contributed by atoms with Crippen LogP contribution in [0, 0.1) is 27.7 Å². The zero-order chi connectivity index (χ0) is 78.1. The summed E-state index contributed by atoms with van der Waals surface area (Å²) in [6.45, 7) is 15.0. The molecule has 2 heterocycles. The molecule has 0 N–H and O–H groups in total. The number of nitrogens with zero attached hydrogens (tertiary/aromatic N) is 2. The highest BCUT2D eigenvalue weighted by Crippen LogP contribution is 2.50. The van der Waals surface area contributed by atoms with Gasteiger partial charge in [-0.15, -0.1) is 0 Å². The summed E-state index contributed by atoms with van der Waals surface area (Å²) in [4.78, 5) is 0. The molecule has 2 aromatic heterocycles. The molecule has 0 amide bonds. The first-order valence-electron chi connectivity index (χ1n) is 40.8. The molecule has 0 saturated heterocycles. The lowest BCUT2D eigenvalue weighted by molar-refractivity contribution is 0.827. The normalized spacial score (nSPS) is 11.6. The van der Waals surface area contributed by atoms with E-state index in [9.17, 15) is 0 Å². The Hall–Kier alpha value is -14.2. The lowest BCUT2D eigenvalue weighted by Crippen LogP contribution is -1.93. The van der Waals surface area contributed by atoms with E-state index in [2.05, 4.69) is 439 Å². The minimum atomic E-state index is 0.940. The van der Waals surface area contributed by atoms with E-state index in [1.807, 2.05) is 0 Å². The summed E-state index contributed by atoms with van der Waals surface area (Å²) in [5, 5.41) is 15.2. The van der Waals surface area contributed by atoms with E-state index in [0.29, 0.717) is 0 Å². The van der Waals surface area contributed by atoms with Crippen LogP contribution in [0.1, 0.15) is 36.1 Å². The average molecular weight is 1480 g/mol. The standard InChI is InChI=1S/C60H45N.C54H41N/c1-4-61-57-19-9-8-18-51(57)54-36-48(30-33-58(54)61)43-22-26-45(27-23-43)60-53-32-29-49(46-16-10-12-39(2)34-46)37-55(53)59(44-24-20-42(21-25-44)41-14-6-5-7-15-41)52-31-28-50(38-56(52)60)47-17-11-13-40(3)35-47;1-4-55-51-19-9-8-18-45(51)48-32-42(26-29-52(48)55)37-20-22-39(23-21-37)54-47-28-25-43(40-16-10-12-35(2)30-40)33-49(47)53(38-14-6-5-7-15-38)46-27-24-44(34-50(46)54)41-17-11-13-36(3)31-41/h5-38H,4H2,1-3H3;5-34H,4H2,1-3H3. The van der Waals surface area contributed by atoms with Crippen molar-refractivity contribution in [2.75, 3.05) is 0 Å². The number of para-hydroxylation sites is 2. The fraction of sp³-hybridized carbons (Fsp3) is 0.0702. The van der Waals surface area contributed by atoms with Gasteiger partial charge in [0.05, 0.1) is 0 Å². The number of hydrogen-bond acceptors (Lipinski definition) is 0. The highest BCUT2D eigenvalue weighted by Gasteiger charge is 2.23. The lowest BCUT2D eigenvalue weighted by Gasteiger charge is -2.20. The number of aryl methyl sites for hydroxylation is 6. The number of fused-ring (bicyclic) bond motifs is 10. The molecule has 21 rings (SSSR count). The van der Waals surface area contributed by atoms with Crippen LogP contribution in [0.4, 0.5) is 0 Å². The molecule has 0 spiro atoms. The quantitative estimate of drug-likeness (QED) is 0.102. The molecule has 116 heavy (non-hydrogen) atoms. The first kappa shape index (κ1) is 70.9. The van der Waals surface area contributed by atoms with Crippen molar-refractivity contribution in [2.45, 2.75) is 54.6 Å². The van der Waals surface area contributed by atoms with Gasteiger partial charge in [-0.2, -0.15) is 0 Å². The third kappa shape index (κ3) is 12.8. The Balaban J connectivity index is 0.000000150. The molecular weight excluding hydrogens is 1400 g/mol. The molecule has 2 heteroatoms. The Labute approximate surface area is 678 Å². The molecule has 0 bridgehead atoms. The van der Waals surface area contributed by atoms with Gasteiger partial charge in [-0.25, -0.2) is 0 Å². The monoisotopic (exact) mass is 1480 g/mol. The molecule has 0 radical (unpaired) electrons. The maximum atomic E-state index is 2.43. The van der Waals surface area contributed by atoms with E-state index in [1.54, 1.807) is 0 Å². The Bertz CT molecular complexity index is 7400. The van der Waals surface area contributed by atoms with Gasteiger partial charge in [0.2, 0.25) is 0 Å². The number of rotatable bonds is 13. The Morgan fingerprint density at radius 1 is 0.147 bits per heavy atom. The number of hydrogen-bond donors (Lipinski definition) is 0. The highest BCUT2D eigenvalue weighted by molar-refractivity contribution is 6.25.